The second kappa shape index (κ2) is 15.9. The van der Waals surface area contributed by atoms with Crippen molar-refractivity contribution in [3.8, 4) is 57.5 Å². The highest BCUT2D eigenvalue weighted by molar-refractivity contribution is 5.89. The molecule has 55 heavy (non-hydrogen) atoms. The molecule has 12 nitrogen and oxygen atoms in total. The van der Waals surface area contributed by atoms with Gasteiger partial charge in [0.1, 0.15) is 54.3 Å². The molecule has 0 atom stereocenters. The summed E-state index contributed by atoms with van der Waals surface area (Å²) < 4.78 is 40.3. The fourth-order valence-corrected chi connectivity index (χ4v) is 6.22. The number of benzene rings is 5. The predicted molar refractivity (Wildman–Crippen MR) is 210 cm³/mol. The molecular formula is C43H38N4O8. The van der Waals surface area contributed by atoms with Crippen LogP contribution in [0.25, 0.3) is 21.8 Å². The fourth-order valence-electron chi connectivity index (χ4n) is 6.22. The first-order valence-corrected chi connectivity index (χ1v) is 17.7. The van der Waals surface area contributed by atoms with E-state index in [9.17, 15) is 5.11 Å². The van der Waals surface area contributed by atoms with Crippen molar-refractivity contribution in [2.45, 2.75) is 6.61 Å². The number of hydrogen-bond acceptors (Lipinski definition) is 12. The van der Waals surface area contributed by atoms with Crippen molar-refractivity contribution in [2.75, 3.05) is 51.2 Å². The molecular weight excluding hydrogens is 700 g/mol. The summed E-state index contributed by atoms with van der Waals surface area (Å²) in [5.74, 6) is 5.90. The van der Waals surface area contributed by atoms with Crippen LogP contribution in [0.3, 0.4) is 0 Å². The molecule has 9 rings (SSSR count). The van der Waals surface area contributed by atoms with Crippen molar-refractivity contribution in [1.29, 1.82) is 0 Å². The minimum Gasteiger partial charge on any atom is -0.504 e. The number of aromatic nitrogens is 2. The van der Waals surface area contributed by atoms with Gasteiger partial charge in [0.25, 0.3) is 0 Å². The van der Waals surface area contributed by atoms with Gasteiger partial charge in [-0.1, -0.05) is 30.3 Å². The molecule has 12 heteroatoms. The molecule has 2 aliphatic rings. The van der Waals surface area contributed by atoms with Crippen LogP contribution in [-0.4, -0.2) is 55.6 Å². The molecule has 0 radical (unpaired) electrons. The van der Waals surface area contributed by atoms with Crippen molar-refractivity contribution in [3.63, 3.8) is 0 Å². The number of rotatable bonds is 9. The van der Waals surface area contributed by atoms with E-state index in [4.69, 9.17) is 33.2 Å². The summed E-state index contributed by atoms with van der Waals surface area (Å²) in [6.45, 7) is 3.31. The largest absolute Gasteiger partial charge is 0.504 e. The summed E-state index contributed by atoms with van der Waals surface area (Å²) in [7, 11) is 3.13. The van der Waals surface area contributed by atoms with Crippen LogP contribution < -0.4 is 43.8 Å². The molecule has 3 N–H and O–H groups in total. The third-order valence-corrected chi connectivity index (χ3v) is 8.94. The van der Waals surface area contributed by atoms with Crippen molar-refractivity contribution >= 4 is 33.2 Å². The molecule has 0 unspecified atom stereocenters. The lowest BCUT2D eigenvalue weighted by molar-refractivity contribution is 0.285. The molecule has 0 saturated carbocycles. The van der Waals surface area contributed by atoms with E-state index < -0.39 is 0 Å². The maximum atomic E-state index is 9.89. The number of phenols is 1. The average Bonchev–Trinajstić information content (AvgIpc) is 3.23. The molecule has 7 aromatic rings. The quantitative estimate of drug-likeness (QED) is 0.131. The number of fused-ring (bicyclic) bond motifs is 4. The molecule has 2 aliphatic heterocycles. The molecule has 0 saturated heterocycles. The van der Waals surface area contributed by atoms with E-state index in [2.05, 4.69) is 20.6 Å². The molecule has 5 aromatic carbocycles. The maximum Gasteiger partial charge on any atom is 0.163 e. The number of pyridine rings is 2. The summed E-state index contributed by atoms with van der Waals surface area (Å²) >= 11 is 0. The lowest BCUT2D eigenvalue weighted by Crippen LogP contribution is -2.17. The normalized spacial score (nSPS) is 12.6. The Hall–Kier alpha value is -7.08. The van der Waals surface area contributed by atoms with Gasteiger partial charge < -0.3 is 48.9 Å². The van der Waals surface area contributed by atoms with E-state index >= 15 is 0 Å². The minimum absolute atomic E-state index is 0.0444. The predicted octanol–water partition coefficient (Wildman–Crippen LogP) is 8.96. The summed E-state index contributed by atoms with van der Waals surface area (Å²) in [5, 5.41) is 18.1. The topological polar surface area (TPSA) is 135 Å². The SMILES string of the molecule is COc1cc2c(Oc3ccc4c(c3)OCCN4)ccnc2cc1O.COc1cc2c(Oc3ccc4c(c3)OCCN4)ccnc2cc1OCc1ccccc1. The van der Waals surface area contributed by atoms with Crippen LogP contribution in [0.5, 0.6) is 57.5 Å². The van der Waals surface area contributed by atoms with Gasteiger partial charge in [0.2, 0.25) is 0 Å². The van der Waals surface area contributed by atoms with Crippen LogP contribution in [-0.2, 0) is 6.61 Å². The molecule has 0 aliphatic carbocycles. The Kier molecular flexibility index (Phi) is 10.1. The van der Waals surface area contributed by atoms with E-state index in [0.29, 0.717) is 65.6 Å². The minimum atomic E-state index is 0.0444. The van der Waals surface area contributed by atoms with E-state index in [0.717, 1.165) is 57.8 Å². The maximum absolute atomic E-state index is 9.89. The first-order valence-electron chi connectivity index (χ1n) is 17.7. The van der Waals surface area contributed by atoms with Crippen LogP contribution in [0, 0.1) is 0 Å². The van der Waals surface area contributed by atoms with Crippen LogP contribution in [0.15, 0.2) is 116 Å². The van der Waals surface area contributed by atoms with Crippen LogP contribution in [0.4, 0.5) is 11.4 Å². The Balaban J connectivity index is 0.000000160. The number of methoxy groups -OCH3 is 2. The number of hydrogen-bond donors (Lipinski definition) is 3. The van der Waals surface area contributed by atoms with E-state index in [1.807, 2.05) is 84.9 Å². The van der Waals surface area contributed by atoms with Gasteiger partial charge in [-0.15, -0.1) is 0 Å². The molecule has 0 fully saturated rings. The Labute approximate surface area is 317 Å². The number of ether oxygens (including phenoxy) is 7. The number of nitrogens with one attached hydrogen (secondary N) is 2. The molecule has 0 spiro atoms. The van der Waals surface area contributed by atoms with Crippen LogP contribution >= 0.6 is 0 Å². The zero-order valence-electron chi connectivity index (χ0n) is 30.2. The molecule has 278 valence electrons. The number of aromatic hydroxyl groups is 1. The van der Waals surface area contributed by atoms with Gasteiger partial charge in [-0.3, -0.25) is 9.97 Å². The van der Waals surface area contributed by atoms with E-state index in [-0.39, 0.29) is 5.75 Å². The van der Waals surface area contributed by atoms with Crippen LogP contribution in [0.2, 0.25) is 0 Å². The third-order valence-electron chi connectivity index (χ3n) is 8.94. The van der Waals surface area contributed by atoms with E-state index in [1.54, 1.807) is 37.7 Å². The van der Waals surface area contributed by atoms with Gasteiger partial charge in [-0.25, -0.2) is 0 Å². The summed E-state index contributed by atoms with van der Waals surface area (Å²) in [5.41, 5.74) is 4.40. The van der Waals surface area contributed by atoms with Gasteiger partial charge in [-0.2, -0.15) is 0 Å². The summed E-state index contributed by atoms with van der Waals surface area (Å²) in [6, 6.07) is 32.1. The van der Waals surface area contributed by atoms with Crippen molar-refractivity contribution < 1.29 is 38.3 Å². The number of nitrogens with zero attached hydrogens (tertiary/aromatic N) is 2. The number of phenolic OH excluding ortho intramolecular Hbond substituents is 1. The summed E-state index contributed by atoms with van der Waals surface area (Å²) in [6.07, 6.45) is 3.36. The second-order valence-corrected chi connectivity index (χ2v) is 12.5. The van der Waals surface area contributed by atoms with Gasteiger partial charge in [0, 0.05) is 60.5 Å². The summed E-state index contributed by atoms with van der Waals surface area (Å²) in [4.78, 5) is 8.75. The lowest BCUT2D eigenvalue weighted by Gasteiger charge is -2.20. The fraction of sp³-hybridized carbons (Fsp3) is 0.163. The van der Waals surface area contributed by atoms with Crippen molar-refractivity contribution in [1.82, 2.24) is 9.97 Å². The van der Waals surface area contributed by atoms with Crippen LogP contribution in [0.1, 0.15) is 5.56 Å². The Bertz CT molecular complexity index is 2460. The zero-order valence-corrected chi connectivity index (χ0v) is 30.2. The van der Waals surface area contributed by atoms with Crippen molar-refractivity contribution in [2.24, 2.45) is 0 Å². The Morgan fingerprint density at radius 1 is 0.600 bits per heavy atom. The first kappa shape index (κ1) is 35.0. The highest BCUT2D eigenvalue weighted by atomic mass is 16.5. The monoisotopic (exact) mass is 738 g/mol. The third kappa shape index (κ3) is 7.84. The lowest BCUT2D eigenvalue weighted by atomic mass is 10.1. The molecule has 0 amide bonds. The number of anilines is 2. The smallest absolute Gasteiger partial charge is 0.163 e. The van der Waals surface area contributed by atoms with Crippen molar-refractivity contribution in [3.05, 3.63) is 121 Å². The standard InChI is InChI=1S/C25H22N2O4.C18H16N2O4/c1-28-24-14-19-21(15-25(24)30-16-17-5-3-2-4-6-17)26-10-9-22(19)31-18-7-8-20-23(13-18)29-12-11-27-20;1-22-18-9-12-14(10-15(18)21)19-5-4-16(12)24-11-2-3-13-17(8-11)23-7-6-20-13/h2-10,13-15,27H,11-12,16H2,1H3;2-5,8-10,20-21H,6-7H2,1H3. The van der Waals surface area contributed by atoms with Gasteiger partial charge in [0.15, 0.2) is 23.0 Å². The van der Waals surface area contributed by atoms with E-state index in [1.165, 1.54) is 7.11 Å². The zero-order chi connectivity index (χ0) is 37.6. The first-order chi connectivity index (χ1) is 27.0. The molecule has 4 heterocycles. The Morgan fingerprint density at radius 2 is 1.16 bits per heavy atom. The van der Waals surface area contributed by atoms with Gasteiger partial charge in [0.05, 0.1) is 36.6 Å². The molecule has 2 aromatic heterocycles. The average molecular weight is 739 g/mol. The second-order valence-electron chi connectivity index (χ2n) is 12.5. The van der Waals surface area contributed by atoms with Gasteiger partial charge in [-0.05, 0) is 54.1 Å². The van der Waals surface area contributed by atoms with Gasteiger partial charge >= 0.3 is 0 Å². The highest BCUT2D eigenvalue weighted by Crippen LogP contribution is 2.40. The highest BCUT2D eigenvalue weighted by Gasteiger charge is 2.16. The molecule has 0 bridgehead atoms. The Morgan fingerprint density at radius 3 is 1.75 bits per heavy atom.